The van der Waals surface area contributed by atoms with Crippen LogP contribution in [-0.4, -0.2) is 23.3 Å². The van der Waals surface area contributed by atoms with Crippen LogP contribution in [0.1, 0.15) is 25.8 Å². The molecule has 1 aromatic carbocycles. The summed E-state index contributed by atoms with van der Waals surface area (Å²) in [6.07, 6.45) is 0.595. The number of hydrogen-bond donors (Lipinski definition) is 3. The average Bonchev–Trinajstić information content (AvgIpc) is 2.30. The Morgan fingerprint density at radius 1 is 1.35 bits per heavy atom. The summed E-state index contributed by atoms with van der Waals surface area (Å²) in [6, 6.07) is 7.23. The van der Waals surface area contributed by atoms with Gasteiger partial charge in [-0.2, -0.15) is 0 Å². The van der Waals surface area contributed by atoms with Crippen LogP contribution in [0, 0.1) is 6.92 Å². The number of hydrogen-bond acceptors (Lipinski definition) is 2. The molecular weight excluding hydrogens is 216 g/mol. The van der Waals surface area contributed by atoms with Crippen molar-refractivity contribution >= 4 is 11.7 Å². The first-order valence-electron chi connectivity index (χ1n) is 5.77. The molecule has 0 spiro atoms. The molecule has 0 fully saturated rings. The number of amides is 2. The van der Waals surface area contributed by atoms with E-state index in [1.165, 1.54) is 0 Å². The van der Waals surface area contributed by atoms with Crippen molar-refractivity contribution in [3.63, 3.8) is 0 Å². The molecule has 0 aliphatic rings. The van der Waals surface area contributed by atoms with Crippen molar-refractivity contribution in [2.75, 3.05) is 11.9 Å². The maximum atomic E-state index is 11.5. The van der Waals surface area contributed by atoms with Crippen molar-refractivity contribution in [1.29, 1.82) is 0 Å². The fourth-order valence-electron chi connectivity index (χ4n) is 1.21. The molecule has 0 unspecified atom stereocenters. The molecule has 0 aliphatic heterocycles. The van der Waals surface area contributed by atoms with Crippen molar-refractivity contribution in [3.8, 4) is 0 Å². The molecule has 4 nitrogen and oxygen atoms in total. The van der Waals surface area contributed by atoms with Gasteiger partial charge < -0.3 is 15.7 Å². The van der Waals surface area contributed by atoms with E-state index in [0.29, 0.717) is 6.42 Å². The van der Waals surface area contributed by atoms with Crippen LogP contribution in [-0.2, 0) is 0 Å². The smallest absolute Gasteiger partial charge is 0.319 e. The van der Waals surface area contributed by atoms with E-state index in [9.17, 15) is 9.90 Å². The Morgan fingerprint density at radius 3 is 2.47 bits per heavy atom. The molecule has 0 aliphatic carbocycles. The van der Waals surface area contributed by atoms with Gasteiger partial charge in [0, 0.05) is 12.2 Å². The van der Waals surface area contributed by atoms with Gasteiger partial charge in [-0.15, -0.1) is 0 Å². The molecule has 17 heavy (non-hydrogen) atoms. The van der Waals surface area contributed by atoms with Crippen LogP contribution in [0.3, 0.4) is 0 Å². The number of urea groups is 1. The van der Waals surface area contributed by atoms with Gasteiger partial charge in [0.05, 0.1) is 5.60 Å². The van der Waals surface area contributed by atoms with Crippen molar-refractivity contribution in [3.05, 3.63) is 29.8 Å². The predicted molar refractivity (Wildman–Crippen MR) is 69.1 cm³/mol. The highest BCUT2D eigenvalue weighted by molar-refractivity contribution is 5.89. The predicted octanol–water partition coefficient (Wildman–Crippen LogP) is 2.28. The third-order valence-electron chi connectivity index (χ3n) is 2.70. The molecule has 0 bridgehead atoms. The molecule has 3 N–H and O–H groups in total. The van der Waals surface area contributed by atoms with Crippen LogP contribution in [0.2, 0.25) is 0 Å². The van der Waals surface area contributed by atoms with Crippen LogP contribution < -0.4 is 10.6 Å². The molecule has 1 rings (SSSR count). The number of benzene rings is 1. The zero-order valence-electron chi connectivity index (χ0n) is 10.6. The van der Waals surface area contributed by atoms with Crippen molar-refractivity contribution in [2.24, 2.45) is 0 Å². The van der Waals surface area contributed by atoms with Crippen LogP contribution in [0.5, 0.6) is 0 Å². The Labute approximate surface area is 102 Å². The normalized spacial score (nSPS) is 13.9. The van der Waals surface area contributed by atoms with E-state index in [1.54, 1.807) is 6.92 Å². The Hall–Kier alpha value is -1.55. The first kappa shape index (κ1) is 13.5. The number of aryl methyl sites for hydroxylation is 1. The van der Waals surface area contributed by atoms with E-state index in [1.807, 2.05) is 38.1 Å². The van der Waals surface area contributed by atoms with E-state index >= 15 is 0 Å². The number of carbonyl (C=O) groups is 1. The van der Waals surface area contributed by atoms with Gasteiger partial charge in [0.1, 0.15) is 0 Å². The highest BCUT2D eigenvalue weighted by Crippen LogP contribution is 2.09. The second kappa shape index (κ2) is 5.68. The number of nitrogens with one attached hydrogen (secondary N) is 2. The minimum absolute atomic E-state index is 0.237. The number of aliphatic hydroxyl groups is 1. The third-order valence-corrected chi connectivity index (χ3v) is 2.70. The maximum absolute atomic E-state index is 11.5. The molecule has 1 aromatic rings. The standard InChI is InChI=1S/C13H20N2O2/c1-4-13(3,17)9-14-12(16)15-11-7-5-10(2)6-8-11/h5-8,17H,4,9H2,1-3H3,(H2,14,15,16)/t13-/m1/s1. The van der Waals surface area contributed by atoms with E-state index in [4.69, 9.17) is 0 Å². The molecule has 2 amide bonds. The van der Waals surface area contributed by atoms with Crippen LogP contribution in [0.4, 0.5) is 10.5 Å². The van der Waals surface area contributed by atoms with Crippen molar-refractivity contribution < 1.29 is 9.90 Å². The second-order valence-electron chi connectivity index (χ2n) is 4.52. The Kier molecular flexibility index (Phi) is 4.52. The SMILES string of the molecule is CC[C@@](C)(O)CNC(=O)Nc1ccc(C)cc1. The lowest BCUT2D eigenvalue weighted by atomic mass is 10.0. The fraction of sp³-hybridized carbons (Fsp3) is 0.462. The number of carbonyl (C=O) groups excluding carboxylic acids is 1. The second-order valence-corrected chi connectivity index (χ2v) is 4.52. The van der Waals surface area contributed by atoms with Gasteiger partial charge in [-0.3, -0.25) is 0 Å². The van der Waals surface area contributed by atoms with E-state index < -0.39 is 5.60 Å². The zero-order chi connectivity index (χ0) is 12.9. The van der Waals surface area contributed by atoms with Crippen molar-refractivity contribution in [1.82, 2.24) is 5.32 Å². The summed E-state index contributed by atoms with van der Waals surface area (Å²) < 4.78 is 0. The molecule has 0 aromatic heterocycles. The average molecular weight is 236 g/mol. The van der Waals surface area contributed by atoms with E-state index in [0.717, 1.165) is 11.3 Å². The lowest BCUT2D eigenvalue weighted by Gasteiger charge is -2.21. The van der Waals surface area contributed by atoms with E-state index in [2.05, 4.69) is 10.6 Å². The van der Waals surface area contributed by atoms with Gasteiger partial charge >= 0.3 is 6.03 Å². The zero-order valence-corrected chi connectivity index (χ0v) is 10.6. The van der Waals surface area contributed by atoms with E-state index in [-0.39, 0.29) is 12.6 Å². The quantitative estimate of drug-likeness (QED) is 0.751. The van der Waals surface area contributed by atoms with Crippen LogP contribution in [0.15, 0.2) is 24.3 Å². The van der Waals surface area contributed by atoms with Gasteiger partial charge in [0.25, 0.3) is 0 Å². The van der Waals surface area contributed by atoms with Gasteiger partial charge in [-0.25, -0.2) is 4.79 Å². The Bertz CT molecular complexity index is 372. The van der Waals surface area contributed by atoms with Crippen LogP contribution >= 0.6 is 0 Å². The first-order valence-corrected chi connectivity index (χ1v) is 5.77. The summed E-state index contributed by atoms with van der Waals surface area (Å²) in [5, 5.41) is 15.1. The molecule has 94 valence electrons. The van der Waals surface area contributed by atoms with Crippen molar-refractivity contribution in [2.45, 2.75) is 32.8 Å². The molecular formula is C13H20N2O2. The summed E-state index contributed by atoms with van der Waals surface area (Å²) in [5.41, 5.74) is 1.03. The molecule has 4 heteroatoms. The van der Waals surface area contributed by atoms with Gasteiger partial charge in [-0.05, 0) is 32.4 Å². The Balaban J connectivity index is 2.42. The fourth-order valence-corrected chi connectivity index (χ4v) is 1.21. The van der Waals surface area contributed by atoms with Gasteiger partial charge in [-0.1, -0.05) is 24.6 Å². The lowest BCUT2D eigenvalue weighted by Crippen LogP contribution is -2.41. The third kappa shape index (κ3) is 4.87. The van der Waals surface area contributed by atoms with Gasteiger partial charge in [0.2, 0.25) is 0 Å². The lowest BCUT2D eigenvalue weighted by molar-refractivity contribution is 0.0587. The molecule has 0 heterocycles. The molecule has 0 radical (unpaired) electrons. The minimum atomic E-state index is -0.857. The molecule has 1 atom stereocenters. The topological polar surface area (TPSA) is 61.4 Å². The monoisotopic (exact) mass is 236 g/mol. The summed E-state index contributed by atoms with van der Waals surface area (Å²) >= 11 is 0. The highest BCUT2D eigenvalue weighted by atomic mass is 16.3. The maximum Gasteiger partial charge on any atom is 0.319 e. The molecule has 0 saturated carbocycles. The highest BCUT2D eigenvalue weighted by Gasteiger charge is 2.18. The summed E-state index contributed by atoms with van der Waals surface area (Å²) in [6.45, 7) is 5.79. The molecule has 0 saturated heterocycles. The number of rotatable bonds is 4. The first-order chi connectivity index (χ1) is 7.93. The largest absolute Gasteiger partial charge is 0.388 e. The van der Waals surface area contributed by atoms with Gasteiger partial charge in [0.15, 0.2) is 0 Å². The summed E-state index contributed by atoms with van der Waals surface area (Å²) in [7, 11) is 0. The Morgan fingerprint density at radius 2 is 1.94 bits per heavy atom. The minimum Gasteiger partial charge on any atom is -0.388 e. The number of anilines is 1. The van der Waals surface area contributed by atoms with Crippen LogP contribution in [0.25, 0.3) is 0 Å². The summed E-state index contributed by atoms with van der Waals surface area (Å²) in [5.74, 6) is 0. The summed E-state index contributed by atoms with van der Waals surface area (Å²) in [4.78, 5) is 11.5.